The molecule has 0 radical (unpaired) electrons. The molecular formula is C24H20F3N3O3. The highest BCUT2D eigenvalue weighted by Gasteiger charge is 2.37. The standard InChI is InChI=1S/C24H20F3N3O3/c25-24(26,27)20-11-12-28-23(29-20)32-15-6-5-13-30(14-15)22(31)21-16-7-1-3-9-18(16)33-19-10-4-2-8-17(19)21/h1-4,7-12,15,21H,5-6,13-14H2. The maximum Gasteiger partial charge on any atom is 0.433 e. The average Bonchev–Trinajstić information content (AvgIpc) is 2.82. The van der Waals surface area contributed by atoms with Gasteiger partial charge in [0.1, 0.15) is 17.6 Å². The number of benzene rings is 2. The largest absolute Gasteiger partial charge is 0.458 e. The summed E-state index contributed by atoms with van der Waals surface area (Å²) in [4.78, 5) is 22.7. The molecule has 2 aliphatic heterocycles. The van der Waals surface area contributed by atoms with Crippen molar-refractivity contribution in [3.8, 4) is 17.5 Å². The molecule has 0 bridgehead atoms. The van der Waals surface area contributed by atoms with Crippen LogP contribution in [-0.4, -0.2) is 40.0 Å². The summed E-state index contributed by atoms with van der Waals surface area (Å²) >= 11 is 0. The Morgan fingerprint density at radius 2 is 1.70 bits per heavy atom. The van der Waals surface area contributed by atoms with Crippen molar-refractivity contribution in [2.24, 2.45) is 0 Å². The number of fused-ring (bicyclic) bond motifs is 2. The van der Waals surface area contributed by atoms with Gasteiger partial charge in [-0.3, -0.25) is 4.79 Å². The second kappa shape index (κ2) is 8.38. The van der Waals surface area contributed by atoms with Crippen LogP contribution < -0.4 is 9.47 Å². The van der Waals surface area contributed by atoms with Crippen LogP contribution in [0.3, 0.4) is 0 Å². The highest BCUT2D eigenvalue weighted by molar-refractivity contribution is 5.89. The van der Waals surface area contributed by atoms with Crippen LogP contribution in [0.5, 0.6) is 17.5 Å². The van der Waals surface area contributed by atoms with Crippen LogP contribution in [0.2, 0.25) is 0 Å². The number of nitrogens with zero attached hydrogens (tertiary/aromatic N) is 3. The summed E-state index contributed by atoms with van der Waals surface area (Å²) in [7, 11) is 0. The van der Waals surface area contributed by atoms with Crippen molar-refractivity contribution in [2.45, 2.75) is 31.0 Å². The van der Waals surface area contributed by atoms with Gasteiger partial charge in [-0.25, -0.2) is 4.98 Å². The monoisotopic (exact) mass is 455 g/mol. The number of ether oxygens (including phenoxy) is 2. The lowest BCUT2D eigenvalue weighted by Gasteiger charge is -2.36. The topological polar surface area (TPSA) is 64.5 Å². The number of hydrogen-bond acceptors (Lipinski definition) is 5. The minimum atomic E-state index is -4.58. The van der Waals surface area contributed by atoms with Crippen LogP contribution in [0.15, 0.2) is 60.8 Å². The molecule has 1 unspecified atom stereocenters. The number of aromatic nitrogens is 2. The Morgan fingerprint density at radius 3 is 2.36 bits per heavy atom. The highest BCUT2D eigenvalue weighted by Crippen LogP contribution is 2.44. The summed E-state index contributed by atoms with van der Waals surface area (Å²) in [6.45, 7) is 0.768. The molecule has 3 aromatic rings. The molecule has 0 spiro atoms. The molecule has 9 heteroatoms. The van der Waals surface area contributed by atoms with Gasteiger partial charge in [0.05, 0.1) is 12.5 Å². The summed E-state index contributed by atoms with van der Waals surface area (Å²) in [6.07, 6.45) is -2.82. The van der Waals surface area contributed by atoms with Gasteiger partial charge in [0, 0.05) is 23.9 Å². The summed E-state index contributed by atoms with van der Waals surface area (Å²) in [6, 6.07) is 15.3. The molecule has 3 heterocycles. The Morgan fingerprint density at radius 1 is 1.03 bits per heavy atom. The number of alkyl halides is 3. The number of likely N-dealkylation sites (tertiary alicyclic amines) is 1. The van der Waals surface area contributed by atoms with E-state index in [2.05, 4.69) is 9.97 Å². The van der Waals surface area contributed by atoms with E-state index in [9.17, 15) is 18.0 Å². The number of para-hydroxylation sites is 2. The fraction of sp³-hybridized carbons (Fsp3) is 0.292. The summed E-state index contributed by atoms with van der Waals surface area (Å²) in [5, 5.41) is 0. The van der Waals surface area contributed by atoms with Gasteiger partial charge in [-0.15, -0.1) is 0 Å². The van der Waals surface area contributed by atoms with Crippen molar-refractivity contribution < 1.29 is 27.4 Å². The number of amides is 1. The zero-order chi connectivity index (χ0) is 23.0. The Balaban J connectivity index is 1.37. The van der Waals surface area contributed by atoms with Crippen molar-refractivity contribution in [2.75, 3.05) is 13.1 Å². The number of hydrogen-bond donors (Lipinski definition) is 0. The number of carbonyl (C=O) groups excluding carboxylic acids is 1. The van der Waals surface area contributed by atoms with Crippen molar-refractivity contribution >= 4 is 5.91 Å². The third-order valence-corrected chi connectivity index (χ3v) is 5.81. The molecule has 2 aromatic carbocycles. The second-order valence-corrected chi connectivity index (χ2v) is 8.00. The molecule has 1 saturated heterocycles. The van der Waals surface area contributed by atoms with Crippen LogP contribution in [0, 0.1) is 0 Å². The summed E-state index contributed by atoms with van der Waals surface area (Å²) in [5.74, 6) is 0.639. The van der Waals surface area contributed by atoms with E-state index in [1.165, 1.54) is 0 Å². The Labute approximate surface area is 188 Å². The molecule has 5 rings (SSSR count). The summed E-state index contributed by atoms with van der Waals surface area (Å²) < 4.78 is 50.5. The van der Waals surface area contributed by atoms with E-state index in [1.807, 2.05) is 48.5 Å². The van der Waals surface area contributed by atoms with E-state index in [1.54, 1.807) is 4.90 Å². The third kappa shape index (κ3) is 4.22. The first-order chi connectivity index (χ1) is 15.9. The number of halogens is 3. The van der Waals surface area contributed by atoms with Gasteiger partial charge in [-0.05, 0) is 31.0 Å². The fourth-order valence-electron chi connectivity index (χ4n) is 4.30. The predicted molar refractivity (Wildman–Crippen MR) is 112 cm³/mol. The van der Waals surface area contributed by atoms with Crippen LogP contribution in [0.4, 0.5) is 13.2 Å². The minimum Gasteiger partial charge on any atom is -0.458 e. The number of carbonyl (C=O) groups is 1. The molecule has 0 N–H and O–H groups in total. The van der Waals surface area contributed by atoms with E-state index in [-0.39, 0.29) is 18.5 Å². The van der Waals surface area contributed by atoms with Gasteiger partial charge >= 0.3 is 12.2 Å². The second-order valence-electron chi connectivity index (χ2n) is 8.00. The number of piperidine rings is 1. The number of rotatable bonds is 3. The van der Waals surface area contributed by atoms with Gasteiger partial charge in [0.15, 0.2) is 5.69 Å². The van der Waals surface area contributed by atoms with Crippen LogP contribution in [-0.2, 0) is 11.0 Å². The molecule has 0 aliphatic carbocycles. The van der Waals surface area contributed by atoms with Gasteiger partial charge in [-0.2, -0.15) is 18.2 Å². The van der Waals surface area contributed by atoms with Crippen molar-refractivity contribution in [3.63, 3.8) is 0 Å². The Kier molecular flexibility index (Phi) is 5.39. The first-order valence-corrected chi connectivity index (χ1v) is 10.6. The minimum absolute atomic E-state index is 0.100. The average molecular weight is 455 g/mol. The Hall–Kier alpha value is -3.62. The molecule has 33 heavy (non-hydrogen) atoms. The molecule has 6 nitrogen and oxygen atoms in total. The highest BCUT2D eigenvalue weighted by atomic mass is 19.4. The van der Waals surface area contributed by atoms with Crippen molar-refractivity contribution in [1.82, 2.24) is 14.9 Å². The third-order valence-electron chi connectivity index (χ3n) is 5.81. The van der Waals surface area contributed by atoms with E-state index in [0.717, 1.165) is 23.4 Å². The van der Waals surface area contributed by atoms with E-state index >= 15 is 0 Å². The van der Waals surface area contributed by atoms with Gasteiger partial charge in [-0.1, -0.05) is 36.4 Å². The molecule has 1 atom stereocenters. The molecular weight excluding hydrogens is 435 g/mol. The van der Waals surface area contributed by atoms with Gasteiger partial charge in [0.2, 0.25) is 5.91 Å². The SMILES string of the molecule is O=C(C1c2ccccc2Oc2ccccc21)N1CCCC(Oc2nccc(C(F)(F)F)n2)C1. The normalized spacial score (nSPS) is 18.2. The smallest absolute Gasteiger partial charge is 0.433 e. The lowest BCUT2D eigenvalue weighted by atomic mass is 9.86. The van der Waals surface area contributed by atoms with Gasteiger partial charge in [0.25, 0.3) is 0 Å². The van der Waals surface area contributed by atoms with Crippen molar-refractivity contribution in [1.29, 1.82) is 0 Å². The zero-order valence-corrected chi connectivity index (χ0v) is 17.5. The first-order valence-electron chi connectivity index (χ1n) is 10.6. The van der Waals surface area contributed by atoms with Crippen LogP contribution in [0.25, 0.3) is 0 Å². The van der Waals surface area contributed by atoms with E-state index < -0.39 is 23.9 Å². The fourth-order valence-corrected chi connectivity index (χ4v) is 4.30. The lowest BCUT2D eigenvalue weighted by molar-refractivity contribution is -0.141. The molecule has 1 amide bonds. The molecule has 2 aliphatic rings. The van der Waals surface area contributed by atoms with Crippen LogP contribution >= 0.6 is 0 Å². The quantitative estimate of drug-likeness (QED) is 0.568. The molecule has 1 fully saturated rings. The van der Waals surface area contributed by atoms with Gasteiger partial charge < -0.3 is 14.4 Å². The predicted octanol–water partition coefficient (Wildman–Crippen LogP) is 4.80. The molecule has 1 aromatic heterocycles. The maximum atomic E-state index is 13.7. The van der Waals surface area contributed by atoms with E-state index in [4.69, 9.17) is 9.47 Å². The first kappa shape index (κ1) is 21.2. The van der Waals surface area contributed by atoms with Crippen LogP contribution in [0.1, 0.15) is 35.6 Å². The summed E-state index contributed by atoms with van der Waals surface area (Å²) in [5.41, 5.74) is 0.502. The zero-order valence-electron chi connectivity index (χ0n) is 17.5. The van der Waals surface area contributed by atoms with Crippen molar-refractivity contribution in [3.05, 3.63) is 77.6 Å². The van der Waals surface area contributed by atoms with E-state index in [0.29, 0.717) is 30.9 Å². The Bertz CT molecular complexity index is 1140. The molecule has 0 saturated carbocycles. The lowest BCUT2D eigenvalue weighted by Crippen LogP contribution is -2.46. The molecule has 170 valence electrons. The maximum absolute atomic E-state index is 13.7.